The van der Waals surface area contributed by atoms with Crippen molar-refractivity contribution in [2.45, 2.75) is 6.92 Å². The summed E-state index contributed by atoms with van der Waals surface area (Å²) >= 11 is 14.4. The Hall–Kier alpha value is -2.88. The minimum Gasteiger partial charge on any atom is -0.421 e. The molecule has 0 saturated carbocycles. The molecule has 0 bridgehead atoms. The molecule has 0 aliphatic carbocycles. The number of halogens is 3. The Labute approximate surface area is 213 Å². The Morgan fingerprint density at radius 3 is 2.33 bits per heavy atom. The quantitative estimate of drug-likeness (QED) is 0.173. The van der Waals surface area contributed by atoms with Crippen LogP contribution in [0.15, 0.2) is 77.5 Å². The van der Waals surface area contributed by atoms with Gasteiger partial charge in [-0.3, -0.25) is 9.59 Å². The summed E-state index contributed by atoms with van der Waals surface area (Å²) in [5.74, 6) is -1.49. The molecule has 3 aromatic rings. The molecule has 2 amide bonds. The number of aryl methyl sites for hydroxylation is 1. The first-order chi connectivity index (χ1) is 15.8. The van der Waals surface area contributed by atoms with Crippen molar-refractivity contribution < 1.29 is 19.1 Å². The lowest BCUT2D eigenvalue weighted by molar-refractivity contribution is -0.120. The van der Waals surface area contributed by atoms with E-state index in [1.807, 2.05) is 19.1 Å². The molecule has 0 radical (unpaired) electrons. The van der Waals surface area contributed by atoms with Gasteiger partial charge in [-0.1, -0.05) is 35.3 Å². The second kappa shape index (κ2) is 9.54. The van der Waals surface area contributed by atoms with E-state index in [-0.39, 0.29) is 22.0 Å². The van der Waals surface area contributed by atoms with Crippen LogP contribution in [0, 0.1) is 10.5 Å². The third-order valence-electron chi connectivity index (χ3n) is 4.86. The van der Waals surface area contributed by atoms with Crippen LogP contribution >= 0.6 is 45.8 Å². The van der Waals surface area contributed by atoms with Crippen LogP contribution in [0.2, 0.25) is 5.02 Å². The second-order valence-electron chi connectivity index (χ2n) is 7.09. The van der Waals surface area contributed by atoms with Crippen LogP contribution in [0.3, 0.4) is 0 Å². The number of carbonyl (C=O) groups is 3. The Morgan fingerprint density at radius 2 is 1.67 bits per heavy atom. The summed E-state index contributed by atoms with van der Waals surface area (Å²) in [5, 5.41) is 3.00. The van der Waals surface area contributed by atoms with Crippen LogP contribution in [0.4, 0.5) is 11.4 Å². The van der Waals surface area contributed by atoms with Crippen LogP contribution in [-0.2, 0) is 9.59 Å². The molecule has 1 aliphatic rings. The molecule has 166 valence electrons. The fraction of sp³-hybridized carbons (Fsp3) is 0.0417. The number of amides is 2. The normalized spacial score (nSPS) is 13.5. The number of esters is 1. The maximum atomic E-state index is 13.0. The Morgan fingerprint density at radius 1 is 0.970 bits per heavy atom. The number of benzene rings is 3. The number of rotatable bonds is 5. The van der Waals surface area contributed by atoms with Crippen molar-refractivity contribution in [1.29, 1.82) is 0 Å². The van der Waals surface area contributed by atoms with Crippen LogP contribution in [0.25, 0.3) is 0 Å². The van der Waals surface area contributed by atoms with E-state index < -0.39 is 17.8 Å². The fourth-order valence-electron chi connectivity index (χ4n) is 3.22. The number of imide groups is 1. The lowest BCUT2D eigenvalue weighted by atomic mass is 10.2. The van der Waals surface area contributed by atoms with Crippen molar-refractivity contribution in [3.05, 3.63) is 97.2 Å². The van der Waals surface area contributed by atoms with Gasteiger partial charge < -0.3 is 10.1 Å². The first kappa shape index (κ1) is 23.3. The summed E-state index contributed by atoms with van der Waals surface area (Å²) in [7, 11) is 0. The number of para-hydroxylation sites is 1. The maximum Gasteiger partial charge on any atom is 0.343 e. The third kappa shape index (κ3) is 4.75. The topological polar surface area (TPSA) is 75.7 Å². The van der Waals surface area contributed by atoms with E-state index >= 15 is 0 Å². The number of nitrogens with zero attached hydrogens (tertiary/aromatic N) is 1. The highest BCUT2D eigenvalue weighted by atomic mass is 127. The number of hydrogen-bond donors (Lipinski definition) is 1. The van der Waals surface area contributed by atoms with Crippen molar-refractivity contribution in [3.8, 4) is 5.75 Å². The Balaban J connectivity index is 1.50. The molecule has 0 atom stereocenters. The highest BCUT2D eigenvalue weighted by molar-refractivity contribution is 14.1. The summed E-state index contributed by atoms with van der Waals surface area (Å²) in [6.45, 7) is 1.82. The summed E-state index contributed by atoms with van der Waals surface area (Å²) in [5.41, 5.74) is 1.96. The van der Waals surface area contributed by atoms with Gasteiger partial charge in [0.2, 0.25) is 0 Å². The number of hydrogen-bond acceptors (Lipinski definition) is 5. The molecule has 0 unspecified atom stereocenters. The van der Waals surface area contributed by atoms with E-state index in [0.29, 0.717) is 16.4 Å². The molecule has 33 heavy (non-hydrogen) atoms. The molecule has 4 rings (SSSR count). The lowest BCUT2D eigenvalue weighted by Crippen LogP contribution is -2.32. The van der Waals surface area contributed by atoms with Gasteiger partial charge in [0.05, 0.1) is 16.3 Å². The van der Waals surface area contributed by atoms with Gasteiger partial charge in [-0.05, 0) is 89.7 Å². The van der Waals surface area contributed by atoms with Crippen molar-refractivity contribution in [1.82, 2.24) is 0 Å². The molecule has 0 fully saturated rings. The minimum atomic E-state index is -0.603. The molecule has 0 spiro atoms. The molecule has 0 aromatic heterocycles. The zero-order valence-corrected chi connectivity index (χ0v) is 20.7. The summed E-state index contributed by atoms with van der Waals surface area (Å²) in [6.07, 6.45) is 0. The van der Waals surface area contributed by atoms with E-state index in [1.54, 1.807) is 42.5 Å². The molecule has 3 aromatic carbocycles. The van der Waals surface area contributed by atoms with Crippen LogP contribution in [-0.4, -0.2) is 17.8 Å². The van der Waals surface area contributed by atoms with E-state index in [0.717, 1.165) is 14.0 Å². The predicted molar refractivity (Wildman–Crippen MR) is 136 cm³/mol. The predicted octanol–water partition coefficient (Wildman–Crippen LogP) is 5.91. The average Bonchev–Trinajstić information content (AvgIpc) is 2.99. The molecule has 1 aliphatic heterocycles. The van der Waals surface area contributed by atoms with E-state index in [9.17, 15) is 14.4 Å². The number of anilines is 2. The highest BCUT2D eigenvalue weighted by Crippen LogP contribution is 2.32. The summed E-state index contributed by atoms with van der Waals surface area (Å²) < 4.78 is 6.29. The van der Waals surface area contributed by atoms with Gasteiger partial charge in [0.25, 0.3) is 11.8 Å². The molecule has 9 heteroatoms. The third-order valence-corrected chi connectivity index (χ3v) is 6.19. The van der Waals surface area contributed by atoms with Crippen LogP contribution in [0.1, 0.15) is 15.9 Å². The maximum absolute atomic E-state index is 13.0. The van der Waals surface area contributed by atoms with E-state index in [4.69, 9.17) is 27.9 Å². The highest BCUT2D eigenvalue weighted by Gasteiger charge is 2.39. The van der Waals surface area contributed by atoms with E-state index in [2.05, 4.69) is 27.9 Å². The monoisotopic (exact) mass is 592 g/mol. The van der Waals surface area contributed by atoms with Crippen molar-refractivity contribution in [2.24, 2.45) is 0 Å². The van der Waals surface area contributed by atoms with Crippen molar-refractivity contribution in [2.75, 3.05) is 10.2 Å². The number of nitrogens with one attached hydrogen (secondary N) is 1. The van der Waals surface area contributed by atoms with E-state index in [1.165, 1.54) is 12.1 Å². The van der Waals surface area contributed by atoms with Gasteiger partial charge in [0, 0.05) is 9.26 Å². The second-order valence-corrected chi connectivity index (χ2v) is 9.12. The van der Waals surface area contributed by atoms with Gasteiger partial charge >= 0.3 is 5.97 Å². The smallest absolute Gasteiger partial charge is 0.343 e. The number of carbonyl (C=O) groups excluding carboxylic acids is 3. The fourth-order valence-corrected chi connectivity index (χ4v) is 4.25. The van der Waals surface area contributed by atoms with Crippen molar-refractivity contribution >= 4 is 75.0 Å². The van der Waals surface area contributed by atoms with Gasteiger partial charge in [0.1, 0.15) is 16.5 Å². The average molecular weight is 593 g/mol. The lowest BCUT2D eigenvalue weighted by Gasteiger charge is -2.17. The number of ether oxygens (including phenoxy) is 1. The van der Waals surface area contributed by atoms with Gasteiger partial charge in [0.15, 0.2) is 0 Å². The molecule has 6 nitrogen and oxygen atoms in total. The molecular formula is C24H15Cl2IN2O4. The minimum absolute atomic E-state index is 0.0361. The zero-order valence-electron chi connectivity index (χ0n) is 17.1. The SMILES string of the molecule is Cc1cc(I)ccc1N1C(=O)C(Cl)=C(Nc2ccc(C(=O)Oc3ccccc3Cl)cc2)C1=O. The van der Waals surface area contributed by atoms with Gasteiger partial charge in [-0.2, -0.15) is 0 Å². The molecule has 1 heterocycles. The van der Waals surface area contributed by atoms with Crippen LogP contribution in [0.5, 0.6) is 5.75 Å². The summed E-state index contributed by atoms with van der Waals surface area (Å²) in [6, 6.07) is 18.3. The first-order valence-electron chi connectivity index (χ1n) is 9.65. The van der Waals surface area contributed by atoms with Crippen LogP contribution < -0.4 is 15.0 Å². The van der Waals surface area contributed by atoms with Gasteiger partial charge in [-0.25, -0.2) is 9.69 Å². The Bertz CT molecular complexity index is 1320. The van der Waals surface area contributed by atoms with Crippen molar-refractivity contribution in [3.63, 3.8) is 0 Å². The first-order valence-corrected chi connectivity index (χ1v) is 11.5. The standard InChI is InChI=1S/C24H15Cl2IN2O4/c1-13-12-15(27)8-11-18(13)29-22(30)20(26)21(23(29)31)28-16-9-6-14(7-10-16)24(32)33-19-5-3-2-4-17(19)25/h2-12,28H,1H3. The van der Waals surface area contributed by atoms with Gasteiger partial charge in [-0.15, -0.1) is 0 Å². The molecule has 1 N–H and O–H groups in total. The molecular weight excluding hydrogens is 578 g/mol. The molecule has 0 saturated heterocycles. The zero-order chi connectivity index (χ0) is 23.7. The largest absolute Gasteiger partial charge is 0.421 e. The Kier molecular flexibility index (Phi) is 6.73. The summed E-state index contributed by atoms with van der Waals surface area (Å²) in [4.78, 5) is 39.1.